The predicted octanol–water partition coefficient (Wildman–Crippen LogP) is 1.93. The Morgan fingerprint density at radius 2 is 2.05 bits per heavy atom. The Hall–Kier alpha value is -1.70. The predicted molar refractivity (Wildman–Crippen MR) is 74.1 cm³/mol. The second-order valence-electron chi connectivity index (χ2n) is 3.99. The molecule has 0 fully saturated rings. The van der Waals surface area contributed by atoms with Gasteiger partial charge in [0, 0.05) is 18.8 Å². The summed E-state index contributed by atoms with van der Waals surface area (Å²) in [7, 11) is -3.71. The number of anilines is 1. The number of nitrogen functional groups attached to an aromatic ring is 1. The summed E-state index contributed by atoms with van der Waals surface area (Å²) in [6, 6.07) is 6.57. The first-order valence-electron chi connectivity index (χ1n) is 5.53. The first-order valence-corrected chi connectivity index (χ1v) is 7.40. The number of nitrogens with zero attached hydrogens (tertiary/aromatic N) is 1. The van der Waals surface area contributed by atoms with Crippen molar-refractivity contribution < 1.29 is 12.8 Å². The molecular formula is C12H11ClFN3O2S. The van der Waals surface area contributed by atoms with Crippen molar-refractivity contribution >= 4 is 27.4 Å². The maximum Gasteiger partial charge on any atom is 0.241 e. The molecule has 20 heavy (non-hydrogen) atoms. The summed E-state index contributed by atoms with van der Waals surface area (Å²) < 4.78 is 39.4. The number of hydrogen-bond donors (Lipinski definition) is 2. The van der Waals surface area contributed by atoms with E-state index in [9.17, 15) is 12.8 Å². The molecule has 2 rings (SSSR count). The lowest BCUT2D eigenvalue weighted by molar-refractivity contribution is 0.581. The Labute approximate surface area is 120 Å². The van der Waals surface area contributed by atoms with Crippen molar-refractivity contribution in [2.45, 2.75) is 11.4 Å². The minimum atomic E-state index is -3.71. The van der Waals surface area contributed by atoms with E-state index < -0.39 is 15.8 Å². The fourth-order valence-electron chi connectivity index (χ4n) is 1.51. The fraction of sp³-hybridized carbons (Fsp3) is 0.0833. The van der Waals surface area contributed by atoms with Gasteiger partial charge in [0.05, 0.1) is 9.92 Å². The van der Waals surface area contributed by atoms with Crippen molar-refractivity contribution in [1.82, 2.24) is 9.71 Å². The summed E-state index contributed by atoms with van der Waals surface area (Å²) in [6.07, 6.45) is 1.30. The van der Waals surface area contributed by atoms with Crippen LogP contribution in [0.2, 0.25) is 5.02 Å². The molecule has 0 unspecified atom stereocenters. The summed E-state index contributed by atoms with van der Waals surface area (Å²) in [5, 5.41) is -0.0603. The van der Waals surface area contributed by atoms with Crippen LogP contribution >= 0.6 is 11.6 Å². The van der Waals surface area contributed by atoms with Gasteiger partial charge < -0.3 is 5.73 Å². The fourth-order valence-corrected chi connectivity index (χ4v) is 2.75. The van der Waals surface area contributed by atoms with Crippen molar-refractivity contribution in [3.63, 3.8) is 0 Å². The average molecular weight is 316 g/mol. The van der Waals surface area contributed by atoms with Crippen LogP contribution in [0.3, 0.4) is 0 Å². The monoisotopic (exact) mass is 315 g/mol. The number of hydrogen-bond acceptors (Lipinski definition) is 4. The molecule has 2 aromatic rings. The molecule has 8 heteroatoms. The van der Waals surface area contributed by atoms with Gasteiger partial charge in [0.15, 0.2) is 0 Å². The molecule has 0 atom stereocenters. The number of nitrogens with two attached hydrogens (primary N) is 1. The maximum absolute atomic E-state index is 13.0. The molecule has 0 saturated carbocycles. The highest BCUT2D eigenvalue weighted by Crippen LogP contribution is 2.17. The zero-order chi connectivity index (χ0) is 14.8. The molecule has 3 N–H and O–H groups in total. The van der Waals surface area contributed by atoms with E-state index in [0.717, 1.165) is 0 Å². The molecule has 0 aliphatic carbocycles. The lowest BCUT2D eigenvalue weighted by Crippen LogP contribution is -2.23. The molecule has 0 bridgehead atoms. The van der Waals surface area contributed by atoms with Crippen molar-refractivity contribution in [3.05, 3.63) is 52.9 Å². The second-order valence-corrected chi connectivity index (χ2v) is 6.16. The Bertz CT molecular complexity index is 737. The van der Waals surface area contributed by atoms with Crippen molar-refractivity contribution in [2.75, 3.05) is 5.73 Å². The SMILES string of the molecule is Nc1cc(S(=O)(=O)NCc2ccc(F)c(Cl)c2)ccn1. The molecule has 1 aromatic heterocycles. The van der Waals surface area contributed by atoms with E-state index in [1.807, 2.05) is 0 Å². The number of rotatable bonds is 4. The van der Waals surface area contributed by atoms with Crippen molar-refractivity contribution in [1.29, 1.82) is 0 Å². The van der Waals surface area contributed by atoms with E-state index in [1.54, 1.807) is 0 Å². The normalized spacial score (nSPS) is 11.5. The third-order valence-corrected chi connectivity index (χ3v) is 4.20. The largest absolute Gasteiger partial charge is 0.384 e. The summed E-state index contributed by atoms with van der Waals surface area (Å²) in [5.74, 6) is -0.446. The standard InChI is InChI=1S/C12H11ClFN3O2S/c13-10-5-8(1-2-11(10)14)7-17-20(18,19)9-3-4-16-12(15)6-9/h1-6,17H,7H2,(H2,15,16). The van der Waals surface area contributed by atoms with Crippen LogP contribution in [0.5, 0.6) is 0 Å². The van der Waals surface area contributed by atoms with Crippen LogP contribution in [-0.2, 0) is 16.6 Å². The highest BCUT2D eigenvalue weighted by molar-refractivity contribution is 7.89. The van der Waals surface area contributed by atoms with Crippen LogP contribution < -0.4 is 10.5 Å². The van der Waals surface area contributed by atoms with Crippen LogP contribution in [-0.4, -0.2) is 13.4 Å². The molecule has 1 heterocycles. The van der Waals surface area contributed by atoms with E-state index in [2.05, 4.69) is 9.71 Å². The third-order valence-electron chi connectivity index (χ3n) is 2.51. The van der Waals surface area contributed by atoms with Crippen molar-refractivity contribution in [2.24, 2.45) is 0 Å². The van der Waals surface area contributed by atoms with E-state index in [0.29, 0.717) is 5.56 Å². The minimum Gasteiger partial charge on any atom is -0.384 e. The van der Waals surface area contributed by atoms with Gasteiger partial charge in [-0.25, -0.2) is 22.5 Å². The lowest BCUT2D eigenvalue weighted by atomic mass is 10.2. The Morgan fingerprint density at radius 3 is 2.70 bits per heavy atom. The third kappa shape index (κ3) is 3.44. The highest BCUT2D eigenvalue weighted by atomic mass is 35.5. The van der Waals surface area contributed by atoms with Crippen LogP contribution in [0.25, 0.3) is 0 Å². The smallest absolute Gasteiger partial charge is 0.241 e. The summed E-state index contributed by atoms with van der Waals surface area (Å²) in [5.41, 5.74) is 5.98. The topological polar surface area (TPSA) is 85.1 Å². The average Bonchev–Trinajstić information content (AvgIpc) is 2.40. The van der Waals surface area contributed by atoms with Gasteiger partial charge in [0.2, 0.25) is 10.0 Å². The second kappa shape index (κ2) is 5.74. The van der Waals surface area contributed by atoms with Crippen LogP contribution in [0, 0.1) is 5.82 Å². The molecule has 1 aromatic carbocycles. The Morgan fingerprint density at radius 1 is 1.30 bits per heavy atom. The molecule has 5 nitrogen and oxygen atoms in total. The van der Waals surface area contributed by atoms with E-state index in [4.69, 9.17) is 17.3 Å². The summed E-state index contributed by atoms with van der Waals surface area (Å²) >= 11 is 5.62. The first kappa shape index (κ1) is 14.7. The number of halogens is 2. The van der Waals surface area contributed by atoms with Gasteiger partial charge in [-0.3, -0.25) is 0 Å². The Kier molecular flexibility index (Phi) is 4.22. The maximum atomic E-state index is 13.0. The summed E-state index contributed by atoms with van der Waals surface area (Å²) in [6.45, 7) is -0.00936. The molecule has 106 valence electrons. The molecule has 0 amide bonds. The zero-order valence-electron chi connectivity index (χ0n) is 10.2. The van der Waals surface area contributed by atoms with Gasteiger partial charge >= 0.3 is 0 Å². The van der Waals surface area contributed by atoms with Gasteiger partial charge in [-0.1, -0.05) is 17.7 Å². The van der Waals surface area contributed by atoms with Gasteiger partial charge in [0.1, 0.15) is 11.6 Å². The van der Waals surface area contributed by atoms with Gasteiger partial charge in [-0.15, -0.1) is 0 Å². The quantitative estimate of drug-likeness (QED) is 0.903. The molecular weight excluding hydrogens is 305 g/mol. The molecule has 0 spiro atoms. The van der Waals surface area contributed by atoms with Crippen LogP contribution in [0.4, 0.5) is 10.2 Å². The van der Waals surface area contributed by atoms with Gasteiger partial charge in [0.25, 0.3) is 0 Å². The first-order chi connectivity index (χ1) is 9.38. The zero-order valence-corrected chi connectivity index (χ0v) is 11.7. The van der Waals surface area contributed by atoms with Crippen molar-refractivity contribution in [3.8, 4) is 0 Å². The van der Waals surface area contributed by atoms with Gasteiger partial charge in [-0.05, 0) is 23.8 Å². The molecule has 0 radical (unpaired) electrons. The minimum absolute atomic E-state index is 0.00936. The van der Waals surface area contributed by atoms with E-state index in [1.165, 1.54) is 36.5 Å². The molecule has 0 saturated heterocycles. The van der Waals surface area contributed by atoms with Crippen LogP contribution in [0.1, 0.15) is 5.56 Å². The number of nitrogens with one attached hydrogen (secondary N) is 1. The lowest BCUT2D eigenvalue weighted by Gasteiger charge is -2.07. The number of benzene rings is 1. The number of sulfonamides is 1. The van der Waals surface area contributed by atoms with E-state index in [-0.39, 0.29) is 22.3 Å². The highest BCUT2D eigenvalue weighted by Gasteiger charge is 2.14. The molecule has 0 aliphatic rings. The Balaban J connectivity index is 2.15. The van der Waals surface area contributed by atoms with Gasteiger partial charge in [-0.2, -0.15) is 0 Å². The summed E-state index contributed by atoms with van der Waals surface area (Å²) in [4.78, 5) is 3.73. The number of pyridine rings is 1. The van der Waals surface area contributed by atoms with E-state index >= 15 is 0 Å². The molecule has 0 aliphatic heterocycles. The van der Waals surface area contributed by atoms with Crippen LogP contribution in [0.15, 0.2) is 41.4 Å². The number of aromatic nitrogens is 1.